The number of ether oxygens (including phenoxy) is 1. The van der Waals surface area contributed by atoms with Crippen molar-refractivity contribution in [3.05, 3.63) is 30.9 Å². The van der Waals surface area contributed by atoms with Crippen LogP contribution in [0.4, 0.5) is 5.82 Å². The average molecular weight is 468 g/mol. The molecule has 0 saturated carbocycles. The van der Waals surface area contributed by atoms with E-state index in [0.29, 0.717) is 16.9 Å². The van der Waals surface area contributed by atoms with Crippen LogP contribution in [0.1, 0.15) is 18.3 Å². The van der Waals surface area contributed by atoms with Crippen molar-refractivity contribution in [2.75, 3.05) is 12.3 Å². The third kappa shape index (κ3) is 4.77. The van der Waals surface area contributed by atoms with E-state index < -0.39 is 44.8 Å². The Hall–Kier alpha value is -2.94. The van der Waals surface area contributed by atoms with Crippen molar-refractivity contribution in [1.29, 1.82) is 0 Å². The van der Waals surface area contributed by atoms with E-state index >= 15 is 0 Å². The zero-order valence-electron chi connectivity index (χ0n) is 16.5. The number of aliphatic hydroxyl groups excluding tert-OH is 1. The summed E-state index contributed by atoms with van der Waals surface area (Å²) in [6, 6.07) is -1.41. The fourth-order valence-electron chi connectivity index (χ4n) is 3.33. The highest BCUT2D eigenvalue weighted by Crippen LogP contribution is 2.40. The molecule has 0 aliphatic carbocycles. The number of aliphatic hydroxyl groups is 1. The van der Waals surface area contributed by atoms with Crippen LogP contribution in [0.5, 0.6) is 0 Å². The van der Waals surface area contributed by atoms with Gasteiger partial charge in [0.1, 0.15) is 30.2 Å². The number of aromatic amines is 1. The Kier molecular flexibility index (Phi) is 6.19. The van der Waals surface area contributed by atoms with Crippen LogP contribution in [0.2, 0.25) is 0 Å². The third-order valence-corrected chi connectivity index (χ3v) is 6.05. The Bertz CT molecular complexity index is 1140. The molecule has 1 aliphatic rings. The van der Waals surface area contributed by atoms with E-state index in [1.807, 2.05) is 0 Å². The van der Waals surface area contributed by atoms with Crippen LogP contribution < -0.4 is 10.8 Å². The van der Waals surface area contributed by atoms with E-state index in [0.717, 1.165) is 0 Å². The zero-order chi connectivity index (χ0) is 22.9. The minimum atomic E-state index is -4.54. The first-order valence-corrected chi connectivity index (χ1v) is 11.0. The molecular formula is C16H21N8O7P. The van der Waals surface area contributed by atoms with Crippen LogP contribution >= 0.6 is 7.75 Å². The number of anilines is 1. The van der Waals surface area contributed by atoms with Crippen LogP contribution in [-0.2, 0) is 25.0 Å². The van der Waals surface area contributed by atoms with Crippen molar-refractivity contribution in [2.24, 2.45) is 0 Å². The molecule has 7 N–H and O–H groups in total. The lowest BCUT2D eigenvalue weighted by atomic mass is 10.2. The van der Waals surface area contributed by atoms with Gasteiger partial charge in [-0.05, 0) is 0 Å². The SMILES string of the molecule is Nc1ncnc2c1ncn2[C@H]1C[C@H](O)[C@@H](COP(=O)(O)NC(Cc2cnc[nH]2)C(=O)O)O1. The number of carboxylic acids is 1. The first kappa shape index (κ1) is 22.3. The van der Waals surface area contributed by atoms with Crippen molar-refractivity contribution in [3.63, 3.8) is 0 Å². The van der Waals surface area contributed by atoms with Crippen LogP contribution in [-0.4, -0.2) is 75.4 Å². The maximum atomic E-state index is 12.4. The molecule has 3 aromatic heterocycles. The number of carboxylic acid groups (broad SMARTS) is 1. The molecule has 0 spiro atoms. The number of carbonyl (C=O) groups is 1. The molecule has 0 radical (unpaired) electrons. The van der Waals surface area contributed by atoms with Crippen LogP contribution in [0.25, 0.3) is 11.2 Å². The minimum Gasteiger partial charge on any atom is -0.480 e. The van der Waals surface area contributed by atoms with Gasteiger partial charge in [0, 0.05) is 24.7 Å². The number of imidazole rings is 2. The van der Waals surface area contributed by atoms with Crippen molar-refractivity contribution in [3.8, 4) is 0 Å². The number of hydrogen-bond acceptors (Lipinski definition) is 10. The van der Waals surface area contributed by atoms with Crippen LogP contribution in [0.3, 0.4) is 0 Å². The Morgan fingerprint density at radius 2 is 2.28 bits per heavy atom. The van der Waals surface area contributed by atoms with E-state index in [-0.39, 0.29) is 18.7 Å². The minimum absolute atomic E-state index is 0.118. The molecule has 5 atom stereocenters. The van der Waals surface area contributed by atoms with Gasteiger partial charge in [-0.1, -0.05) is 0 Å². The summed E-state index contributed by atoms with van der Waals surface area (Å²) >= 11 is 0. The second kappa shape index (κ2) is 8.90. The number of nitrogens with two attached hydrogens (primary N) is 1. The standard InChI is InChI=1S/C16H21N8O7P/c17-14-13-15(21-6-20-14)24(7-22-13)12-2-10(25)11(31-12)4-30-32(28,29)23-9(16(26)27)1-8-3-18-5-19-8/h3,5-7,9-12,25H,1-2,4H2,(H,18,19)(H,26,27)(H2,17,20,21)(H2,23,28,29)/t9?,10-,11+,12+/m0/s1. The van der Waals surface area contributed by atoms with E-state index in [2.05, 4.69) is 30.0 Å². The topological polar surface area (TPSA) is 224 Å². The van der Waals surface area contributed by atoms with Crippen molar-refractivity contribution >= 4 is 30.7 Å². The van der Waals surface area contributed by atoms with Crippen molar-refractivity contribution in [2.45, 2.75) is 37.3 Å². The largest absolute Gasteiger partial charge is 0.480 e. The molecule has 1 aliphatic heterocycles. The van der Waals surface area contributed by atoms with Gasteiger partial charge in [0.05, 0.1) is 25.4 Å². The molecule has 16 heteroatoms. The number of nitrogens with one attached hydrogen (secondary N) is 2. The van der Waals surface area contributed by atoms with Gasteiger partial charge in [0.2, 0.25) is 0 Å². The van der Waals surface area contributed by atoms with Crippen molar-refractivity contribution in [1.82, 2.24) is 34.6 Å². The molecule has 32 heavy (non-hydrogen) atoms. The van der Waals surface area contributed by atoms with E-state index in [4.69, 9.17) is 15.0 Å². The molecule has 0 aromatic carbocycles. The predicted molar refractivity (Wildman–Crippen MR) is 107 cm³/mol. The summed E-state index contributed by atoms with van der Waals surface area (Å²) in [7, 11) is -4.54. The summed E-state index contributed by atoms with van der Waals surface area (Å²) in [6.45, 7) is -0.460. The van der Waals surface area contributed by atoms with Gasteiger partial charge in [-0.15, -0.1) is 0 Å². The van der Waals surface area contributed by atoms with E-state index in [1.165, 1.54) is 25.2 Å². The molecule has 1 fully saturated rings. The Morgan fingerprint density at radius 3 is 3.00 bits per heavy atom. The average Bonchev–Trinajstić information content (AvgIpc) is 3.46. The molecule has 0 bridgehead atoms. The molecule has 4 rings (SSSR count). The number of fused-ring (bicyclic) bond motifs is 1. The monoisotopic (exact) mass is 468 g/mol. The number of aromatic nitrogens is 6. The lowest BCUT2D eigenvalue weighted by Crippen LogP contribution is -2.37. The molecule has 4 heterocycles. The van der Waals surface area contributed by atoms with Gasteiger partial charge in [-0.25, -0.2) is 29.6 Å². The Labute approximate surface area is 180 Å². The lowest BCUT2D eigenvalue weighted by Gasteiger charge is -2.21. The van der Waals surface area contributed by atoms with Gasteiger partial charge >= 0.3 is 13.7 Å². The normalized spacial score (nSPS) is 23.9. The number of rotatable bonds is 9. The predicted octanol–water partition coefficient (Wildman–Crippen LogP) is -0.817. The van der Waals surface area contributed by atoms with Crippen LogP contribution in [0, 0.1) is 0 Å². The Morgan fingerprint density at radius 1 is 1.47 bits per heavy atom. The molecular weight excluding hydrogens is 447 g/mol. The van der Waals surface area contributed by atoms with Crippen molar-refractivity contribution < 1.29 is 33.7 Å². The molecule has 1 saturated heterocycles. The number of H-pyrrole nitrogens is 1. The smallest absolute Gasteiger partial charge is 0.403 e. The fourth-order valence-corrected chi connectivity index (χ4v) is 4.35. The van der Waals surface area contributed by atoms with Gasteiger partial charge in [0.25, 0.3) is 0 Å². The maximum absolute atomic E-state index is 12.4. The highest BCUT2D eigenvalue weighted by molar-refractivity contribution is 7.50. The van der Waals surface area contributed by atoms with Gasteiger partial charge in [-0.3, -0.25) is 13.9 Å². The quantitative estimate of drug-likeness (QED) is 0.211. The Balaban J connectivity index is 1.38. The summed E-state index contributed by atoms with van der Waals surface area (Å²) in [5.74, 6) is -1.15. The van der Waals surface area contributed by atoms with Crippen LogP contribution in [0.15, 0.2) is 25.2 Å². The molecule has 0 amide bonds. The third-order valence-electron chi connectivity index (χ3n) is 4.91. The summed E-state index contributed by atoms with van der Waals surface area (Å²) in [5, 5.41) is 21.8. The number of nitrogens with zero attached hydrogens (tertiary/aromatic N) is 5. The van der Waals surface area contributed by atoms with Gasteiger partial charge in [0.15, 0.2) is 11.5 Å². The molecule has 3 aromatic rings. The van der Waals surface area contributed by atoms with Gasteiger partial charge in [-0.2, -0.15) is 0 Å². The summed E-state index contributed by atoms with van der Waals surface area (Å²) in [5.41, 5.74) is 7.02. The summed E-state index contributed by atoms with van der Waals surface area (Å²) in [4.78, 5) is 40.1. The summed E-state index contributed by atoms with van der Waals surface area (Å²) < 4.78 is 24.7. The maximum Gasteiger partial charge on any atom is 0.403 e. The highest BCUT2D eigenvalue weighted by atomic mass is 31.2. The second-order valence-electron chi connectivity index (χ2n) is 7.13. The molecule has 15 nitrogen and oxygen atoms in total. The first-order valence-electron chi connectivity index (χ1n) is 9.45. The number of hydrogen-bond donors (Lipinski definition) is 6. The summed E-state index contributed by atoms with van der Waals surface area (Å²) in [6.07, 6.45) is 2.88. The number of aliphatic carboxylic acids is 1. The van der Waals surface area contributed by atoms with E-state index in [1.54, 1.807) is 4.57 Å². The van der Waals surface area contributed by atoms with E-state index in [9.17, 15) is 24.5 Å². The first-order chi connectivity index (χ1) is 15.2. The zero-order valence-corrected chi connectivity index (χ0v) is 17.4. The lowest BCUT2D eigenvalue weighted by molar-refractivity contribution is -0.139. The molecule has 172 valence electrons. The molecule has 2 unspecified atom stereocenters. The highest BCUT2D eigenvalue weighted by Gasteiger charge is 2.38. The number of nitrogen functional groups attached to an aromatic ring is 1. The fraction of sp³-hybridized carbons (Fsp3) is 0.438. The van der Waals surface area contributed by atoms with Gasteiger partial charge < -0.3 is 30.6 Å². The second-order valence-corrected chi connectivity index (χ2v) is 8.69.